The molecule has 0 aliphatic carbocycles. The largest absolute Gasteiger partial charge is 0.325 e. The van der Waals surface area contributed by atoms with Crippen LogP contribution in [0.15, 0.2) is 76.7 Å². The quantitative estimate of drug-likeness (QED) is 0.408. The van der Waals surface area contributed by atoms with Crippen LogP contribution in [0.5, 0.6) is 0 Å². The fourth-order valence-electron chi connectivity index (χ4n) is 3.19. The molecule has 4 aromatic rings. The zero-order valence-electron chi connectivity index (χ0n) is 15.4. The van der Waals surface area contributed by atoms with Crippen molar-refractivity contribution in [3.8, 4) is 0 Å². The number of aromatic nitrogens is 2. The molecule has 140 valence electrons. The Kier molecular flexibility index (Phi) is 5.12. The minimum Gasteiger partial charge on any atom is -0.325 e. The summed E-state index contributed by atoms with van der Waals surface area (Å²) in [5, 5.41) is 6.19. The molecule has 0 saturated carbocycles. The number of rotatable bonds is 5. The van der Waals surface area contributed by atoms with Gasteiger partial charge in [-0.25, -0.2) is 4.98 Å². The lowest BCUT2D eigenvalue weighted by molar-refractivity contribution is -0.113. The molecule has 0 radical (unpaired) electrons. The van der Waals surface area contributed by atoms with E-state index in [-0.39, 0.29) is 17.2 Å². The molecule has 0 aliphatic rings. The number of para-hydroxylation sites is 1. The number of carbonyl (C=O) groups is 1. The van der Waals surface area contributed by atoms with Crippen molar-refractivity contribution in [3.63, 3.8) is 0 Å². The molecule has 1 heterocycles. The van der Waals surface area contributed by atoms with Crippen LogP contribution in [0.4, 0.5) is 5.69 Å². The second-order valence-electron chi connectivity index (χ2n) is 6.32. The first kappa shape index (κ1) is 18.3. The summed E-state index contributed by atoms with van der Waals surface area (Å²) in [6.07, 6.45) is 0. The van der Waals surface area contributed by atoms with E-state index in [0.717, 1.165) is 16.5 Å². The van der Waals surface area contributed by atoms with Gasteiger partial charge < -0.3 is 5.32 Å². The van der Waals surface area contributed by atoms with Crippen molar-refractivity contribution in [3.05, 3.63) is 77.1 Å². The lowest BCUT2D eigenvalue weighted by Crippen LogP contribution is -2.23. The van der Waals surface area contributed by atoms with Crippen molar-refractivity contribution in [1.82, 2.24) is 9.55 Å². The van der Waals surface area contributed by atoms with E-state index in [1.165, 1.54) is 11.8 Å². The third kappa shape index (κ3) is 3.51. The summed E-state index contributed by atoms with van der Waals surface area (Å²) in [4.78, 5) is 29.8. The van der Waals surface area contributed by atoms with Gasteiger partial charge in [-0.15, -0.1) is 0 Å². The molecule has 0 aliphatic heterocycles. The Labute approximate surface area is 166 Å². The van der Waals surface area contributed by atoms with Gasteiger partial charge in [0.2, 0.25) is 5.91 Å². The Bertz CT molecular complexity index is 1230. The predicted molar refractivity (Wildman–Crippen MR) is 115 cm³/mol. The van der Waals surface area contributed by atoms with E-state index in [0.29, 0.717) is 22.6 Å². The van der Waals surface area contributed by atoms with Crippen LogP contribution < -0.4 is 10.9 Å². The van der Waals surface area contributed by atoms with E-state index >= 15 is 0 Å². The highest BCUT2D eigenvalue weighted by molar-refractivity contribution is 7.99. The molecule has 0 saturated heterocycles. The van der Waals surface area contributed by atoms with Crippen molar-refractivity contribution in [2.24, 2.45) is 0 Å². The lowest BCUT2D eigenvalue weighted by atomic mass is 10.1. The number of amides is 1. The van der Waals surface area contributed by atoms with E-state index in [9.17, 15) is 9.59 Å². The average molecular weight is 389 g/mol. The van der Waals surface area contributed by atoms with Crippen molar-refractivity contribution in [2.75, 3.05) is 11.1 Å². The summed E-state index contributed by atoms with van der Waals surface area (Å²) in [6.45, 7) is 2.40. The number of nitrogens with zero attached hydrogens (tertiary/aromatic N) is 2. The Morgan fingerprint density at radius 3 is 2.54 bits per heavy atom. The van der Waals surface area contributed by atoms with Gasteiger partial charge in [0, 0.05) is 17.6 Å². The summed E-state index contributed by atoms with van der Waals surface area (Å²) < 4.78 is 1.61. The van der Waals surface area contributed by atoms with Crippen LogP contribution in [0.2, 0.25) is 0 Å². The highest BCUT2D eigenvalue weighted by Gasteiger charge is 2.13. The number of carbonyl (C=O) groups excluding carboxylic acids is 1. The molecule has 5 nitrogen and oxygen atoms in total. The Hall–Kier alpha value is -3.12. The van der Waals surface area contributed by atoms with Crippen molar-refractivity contribution >= 4 is 45.0 Å². The van der Waals surface area contributed by atoms with E-state index in [1.54, 1.807) is 10.6 Å². The first-order valence-corrected chi connectivity index (χ1v) is 10.1. The van der Waals surface area contributed by atoms with Gasteiger partial charge in [0.25, 0.3) is 5.56 Å². The normalized spacial score (nSPS) is 11.0. The molecule has 0 atom stereocenters. The molecule has 1 aromatic heterocycles. The summed E-state index contributed by atoms with van der Waals surface area (Å²) >= 11 is 1.27. The number of anilines is 1. The van der Waals surface area contributed by atoms with Gasteiger partial charge >= 0.3 is 0 Å². The van der Waals surface area contributed by atoms with Gasteiger partial charge in [-0.05, 0) is 30.5 Å². The number of nitrogens with one attached hydrogen (secondary N) is 1. The van der Waals surface area contributed by atoms with Crippen LogP contribution in [0.3, 0.4) is 0 Å². The van der Waals surface area contributed by atoms with E-state index in [1.807, 2.05) is 67.6 Å². The van der Waals surface area contributed by atoms with E-state index < -0.39 is 0 Å². The van der Waals surface area contributed by atoms with Gasteiger partial charge in [-0.3, -0.25) is 14.2 Å². The second-order valence-corrected chi connectivity index (χ2v) is 7.27. The molecule has 0 bridgehead atoms. The smallest absolute Gasteiger partial charge is 0.262 e. The fraction of sp³-hybridized carbons (Fsp3) is 0.136. The molecular formula is C22H19N3O2S. The number of fused-ring (bicyclic) bond motifs is 2. The predicted octanol–water partition coefficient (Wildman–Crippen LogP) is 4.30. The van der Waals surface area contributed by atoms with Gasteiger partial charge in [0.05, 0.1) is 16.7 Å². The minimum atomic E-state index is -0.133. The summed E-state index contributed by atoms with van der Waals surface area (Å²) in [6, 6.07) is 21.0. The van der Waals surface area contributed by atoms with Gasteiger partial charge in [0.15, 0.2) is 5.16 Å². The third-order valence-corrected chi connectivity index (χ3v) is 5.52. The van der Waals surface area contributed by atoms with Crippen LogP contribution in [-0.2, 0) is 11.3 Å². The Balaban J connectivity index is 1.56. The monoisotopic (exact) mass is 389 g/mol. The summed E-state index contributed by atoms with van der Waals surface area (Å²) in [5.74, 6) is 0.0417. The molecule has 0 unspecified atom stereocenters. The van der Waals surface area contributed by atoms with Gasteiger partial charge in [-0.2, -0.15) is 0 Å². The molecule has 6 heteroatoms. The van der Waals surface area contributed by atoms with Crippen LogP contribution in [0.1, 0.15) is 6.92 Å². The van der Waals surface area contributed by atoms with Crippen LogP contribution >= 0.6 is 11.8 Å². The second kappa shape index (κ2) is 7.86. The topological polar surface area (TPSA) is 64.0 Å². The lowest BCUT2D eigenvalue weighted by Gasteiger charge is -2.12. The van der Waals surface area contributed by atoms with Crippen molar-refractivity contribution in [2.45, 2.75) is 18.6 Å². The van der Waals surface area contributed by atoms with E-state index in [4.69, 9.17) is 0 Å². The molecule has 4 rings (SSSR count). The third-order valence-electron chi connectivity index (χ3n) is 4.54. The number of hydrogen-bond acceptors (Lipinski definition) is 4. The van der Waals surface area contributed by atoms with Gasteiger partial charge in [0.1, 0.15) is 0 Å². The highest BCUT2D eigenvalue weighted by atomic mass is 32.2. The molecule has 0 spiro atoms. The van der Waals surface area contributed by atoms with Crippen molar-refractivity contribution in [1.29, 1.82) is 0 Å². The standard InChI is InChI=1S/C22H19N3O2S/c1-2-25-21(27)17-11-5-6-12-19(17)24-22(25)28-14-20(26)23-18-13-7-9-15-8-3-4-10-16(15)18/h3-13H,2,14H2,1H3,(H,23,26). The Morgan fingerprint density at radius 2 is 1.71 bits per heavy atom. The van der Waals surface area contributed by atoms with E-state index in [2.05, 4.69) is 10.3 Å². The number of hydrogen-bond donors (Lipinski definition) is 1. The zero-order valence-corrected chi connectivity index (χ0v) is 16.2. The number of thioether (sulfide) groups is 1. The molecule has 1 amide bonds. The zero-order chi connectivity index (χ0) is 19.5. The number of benzene rings is 3. The molecule has 28 heavy (non-hydrogen) atoms. The summed E-state index contributed by atoms with van der Waals surface area (Å²) in [5.41, 5.74) is 1.35. The minimum absolute atomic E-state index is 0.0786. The molecule has 1 N–H and O–H groups in total. The summed E-state index contributed by atoms with van der Waals surface area (Å²) in [7, 11) is 0. The average Bonchev–Trinajstić information content (AvgIpc) is 2.73. The molecule has 3 aromatic carbocycles. The van der Waals surface area contributed by atoms with Crippen LogP contribution in [0.25, 0.3) is 21.7 Å². The maximum absolute atomic E-state index is 12.7. The molecular weight excluding hydrogens is 370 g/mol. The van der Waals surface area contributed by atoms with Crippen LogP contribution in [0, 0.1) is 0 Å². The highest BCUT2D eigenvalue weighted by Crippen LogP contribution is 2.24. The fourth-order valence-corrected chi connectivity index (χ4v) is 4.05. The molecule has 0 fully saturated rings. The first-order valence-electron chi connectivity index (χ1n) is 9.07. The van der Waals surface area contributed by atoms with Crippen molar-refractivity contribution < 1.29 is 4.79 Å². The van der Waals surface area contributed by atoms with Gasteiger partial charge in [-0.1, -0.05) is 60.3 Å². The van der Waals surface area contributed by atoms with Crippen LogP contribution in [-0.4, -0.2) is 21.2 Å². The maximum atomic E-state index is 12.7. The first-order chi connectivity index (χ1) is 13.7. The maximum Gasteiger partial charge on any atom is 0.262 e. The SMILES string of the molecule is CCn1c(SCC(=O)Nc2cccc3ccccc23)nc2ccccc2c1=O. The Morgan fingerprint density at radius 1 is 1.00 bits per heavy atom.